The molecule has 0 aliphatic heterocycles. The fourth-order valence-electron chi connectivity index (χ4n) is 2.70. The van der Waals surface area contributed by atoms with Crippen LogP contribution in [0.5, 0.6) is 0 Å². The van der Waals surface area contributed by atoms with Crippen LogP contribution in [0.15, 0.2) is 12.1 Å². The number of hydrogen-bond donors (Lipinski definition) is 2. The highest BCUT2D eigenvalue weighted by atomic mass is 35.5. The predicted octanol–water partition coefficient (Wildman–Crippen LogP) is 4.48. The topological polar surface area (TPSA) is 38.0 Å². The van der Waals surface area contributed by atoms with Gasteiger partial charge in [-0.2, -0.15) is 0 Å². The second-order valence-electron chi connectivity index (χ2n) is 5.27. The summed E-state index contributed by atoms with van der Waals surface area (Å²) in [6, 6.07) is 3.96. The number of hydrogen-bond acceptors (Lipinski definition) is 2. The Kier molecular flexibility index (Phi) is 4.76. The minimum absolute atomic E-state index is 0.757. The van der Waals surface area contributed by atoms with Gasteiger partial charge < -0.3 is 11.1 Å². The summed E-state index contributed by atoms with van der Waals surface area (Å²) in [5.74, 6) is 0.805. The molecular formula is C15H23ClN2. The number of anilines is 2. The van der Waals surface area contributed by atoms with E-state index in [1.807, 2.05) is 6.07 Å². The highest BCUT2D eigenvalue weighted by Crippen LogP contribution is 2.29. The molecule has 1 aromatic rings. The summed E-state index contributed by atoms with van der Waals surface area (Å²) in [4.78, 5) is 0. The van der Waals surface area contributed by atoms with Crippen LogP contribution in [-0.4, -0.2) is 6.54 Å². The Bertz CT molecular complexity index is 398. The van der Waals surface area contributed by atoms with Gasteiger partial charge in [0.15, 0.2) is 0 Å². The lowest BCUT2D eigenvalue weighted by Crippen LogP contribution is -2.17. The van der Waals surface area contributed by atoms with Gasteiger partial charge in [0.2, 0.25) is 0 Å². The average Bonchev–Trinajstić information content (AvgIpc) is 2.39. The van der Waals surface area contributed by atoms with Gasteiger partial charge in [0, 0.05) is 11.6 Å². The Morgan fingerprint density at radius 1 is 1.28 bits per heavy atom. The minimum Gasteiger partial charge on any atom is -0.397 e. The van der Waals surface area contributed by atoms with Crippen LogP contribution < -0.4 is 11.1 Å². The third kappa shape index (κ3) is 3.32. The predicted molar refractivity (Wildman–Crippen MR) is 80.3 cm³/mol. The smallest absolute Gasteiger partial charge is 0.0577 e. The molecule has 2 nitrogen and oxygen atoms in total. The van der Waals surface area contributed by atoms with E-state index in [-0.39, 0.29) is 0 Å². The third-order valence-corrected chi connectivity index (χ3v) is 4.26. The first-order valence-electron chi connectivity index (χ1n) is 7.02. The maximum atomic E-state index is 6.14. The molecule has 0 unspecified atom stereocenters. The van der Waals surface area contributed by atoms with Crippen molar-refractivity contribution in [1.82, 2.24) is 0 Å². The van der Waals surface area contributed by atoms with E-state index in [1.54, 1.807) is 0 Å². The van der Waals surface area contributed by atoms with Crippen LogP contribution in [0, 0.1) is 5.92 Å². The zero-order valence-electron chi connectivity index (χ0n) is 11.1. The molecule has 3 heteroatoms. The highest BCUT2D eigenvalue weighted by molar-refractivity contribution is 6.31. The summed E-state index contributed by atoms with van der Waals surface area (Å²) in [6.07, 6.45) is 7.80. The van der Waals surface area contributed by atoms with Crippen molar-refractivity contribution in [3.05, 3.63) is 22.7 Å². The Balaban J connectivity index is 1.99. The summed E-state index contributed by atoms with van der Waals surface area (Å²) in [7, 11) is 0. The molecule has 100 valence electrons. The van der Waals surface area contributed by atoms with Gasteiger partial charge >= 0.3 is 0 Å². The first kappa shape index (κ1) is 13.5. The number of halogens is 1. The van der Waals surface area contributed by atoms with Gasteiger partial charge in [-0.3, -0.25) is 0 Å². The normalized spacial score (nSPS) is 16.8. The molecular weight excluding hydrogens is 244 g/mol. The standard InChI is InChI=1S/C15H23ClN2/c1-2-12-8-15(14(17)9-13(12)16)18-10-11-6-4-3-5-7-11/h8-9,11,18H,2-7,10,17H2,1H3. The number of aryl methyl sites for hydroxylation is 1. The molecule has 1 aromatic carbocycles. The fourth-order valence-corrected chi connectivity index (χ4v) is 3.01. The van der Waals surface area contributed by atoms with Gasteiger partial charge in [0.1, 0.15) is 0 Å². The molecule has 1 aliphatic rings. The molecule has 0 amide bonds. The first-order valence-corrected chi connectivity index (χ1v) is 7.40. The van der Waals surface area contributed by atoms with Crippen LogP contribution in [0.1, 0.15) is 44.6 Å². The molecule has 0 radical (unpaired) electrons. The summed E-state index contributed by atoms with van der Waals surface area (Å²) in [6.45, 7) is 3.15. The van der Waals surface area contributed by atoms with Gasteiger partial charge in [-0.05, 0) is 42.9 Å². The Morgan fingerprint density at radius 2 is 2.00 bits per heavy atom. The second kappa shape index (κ2) is 6.33. The molecule has 0 heterocycles. The molecule has 2 rings (SSSR count). The summed E-state index contributed by atoms with van der Waals surface area (Å²) in [5, 5.41) is 4.28. The van der Waals surface area contributed by atoms with Crippen LogP contribution in [-0.2, 0) is 6.42 Å². The number of benzene rings is 1. The van der Waals surface area contributed by atoms with Gasteiger partial charge in [0.25, 0.3) is 0 Å². The second-order valence-corrected chi connectivity index (χ2v) is 5.68. The van der Waals surface area contributed by atoms with E-state index < -0.39 is 0 Å². The van der Waals surface area contributed by atoms with E-state index in [0.717, 1.165) is 40.8 Å². The van der Waals surface area contributed by atoms with E-state index in [2.05, 4.69) is 18.3 Å². The Morgan fingerprint density at radius 3 is 2.67 bits per heavy atom. The van der Waals surface area contributed by atoms with Gasteiger partial charge in [0.05, 0.1) is 11.4 Å². The number of nitrogens with two attached hydrogens (primary N) is 1. The fraction of sp³-hybridized carbons (Fsp3) is 0.600. The maximum Gasteiger partial charge on any atom is 0.0577 e. The molecule has 3 N–H and O–H groups in total. The molecule has 1 aliphatic carbocycles. The zero-order valence-corrected chi connectivity index (χ0v) is 11.9. The van der Waals surface area contributed by atoms with E-state index in [0.29, 0.717) is 0 Å². The van der Waals surface area contributed by atoms with E-state index >= 15 is 0 Å². The van der Waals surface area contributed by atoms with E-state index in [9.17, 15) is 0 Å². The Hall–Kier alpha value is -0.890. The van der Waals surface area contributed by atoms with Crippen molar-refractivity contribution in [2.45, 2.75) is 45.4 Å². The molecule has 0 spiro atoms. The van der Waals surface area contributed by atoms with Crippen molar-refractivity contribution in [1.29, 1.82) is 0 Å². The van der Waals surface area contributed by atoms with Crippen molar-refractivity contribution in [2.75, 3.05) is 17.6 Å². The Labute approximate surface area is 115 Å². The van der Waals surface area contributed by atoms with Crippen LogP contribution in [0.2, 0.25) is 5.02 Å². The number of nitrogen functional groups attached to an aromatic ring is 1. The molecule has 18 heavy (non-hydrogen) atoms. The number of rotatable bonds is 4. The highest BCUT2D eigenvalue weighted by Gasteiger charge is 2.13. The largest absolute Gasteiger partial charge is 0.397 e. The van der Waals surface area contributed by atoms with Crippen LogP contribution in [0.25, 0.3) is 0 Å². The van der Waals surface area contributed by atoms with Crippen LogP contribution in [0.3, 0.4) is 0 Å². The van der Waals surface area contributed by atoms with Crippen molar-refractivity contribution >= 4 is 23.0 Å². The van der Waals surface area contributed by atoms with Crippen LogP contribution in [0.4, 0.5) is 11.4 Å². The third-order valence-electron chi connectivity index (χ3n) is 3.91. The van der Waals surface area contributed by atoms with Crippen molar-refractivity contribution in [2.24, 2.45) is 5.92 Å². The van der Waals surface area contributed by atoms with Crippen LogP contribution >= 0.6 is 11.6 Å². The van der Waals surface area contributed by atoms with Crippen molar-refractivity contribution in [3.63, 3.8) is 0 Å². The molecule has 1 saturated carbocycles. The summed E-state index contributed by atoms with van der Waals surface area (Å²) >= 11 is 6.14. The van der Waals surface area contributed by atoms with Crippen molar-refractivity contribution < 1.29 is 0 Å². The summed E-state index contributed by atoms with van der Waals surface area (Å²) in [5.41, 5.74) is 8.98. The van der Waals surface area contributed by atoms with Gasteiger partial charge in [-0.25, -0.2) is 0 Å². The molecule has 0 aromatic heterocycles. The lowest BCUT2D eigenvalue weighted by atomic mass is 9.89. The SMILES string of the molecule is CCc1cc(NCC2CCCCC2)c(N)cc1Cl. The van der Waals surface area contributed by atoms with E-state index in [1.165, 1.54) is 32.1 Å². The molecule has 0 bridgehead atoms. The lowest BCUT2D eigenvalue weighted by Gasteiger charge is -2.23. The molecule has 0 atom stereocenters. The molecule has 1 fully saturated rings. The maximum absolute atomic E-state index is 6.14. The monoisotopic (exact) mass is 266 g/mol. The van der Waals surface area contributed by atoms with Gasteiger partial charge in [-0.1, -0.05) is 37.8 Å². The lowest BCUT2D eigenvalue weighted by molar-refractivity contribution is 0.373. The zero-order chi connectivity index (χ0) is 13.0. The van der Waals surface area contributed by atoms with Crippen molar-refractivity contribution in [3.8, 4) is 0 Å². The number of nitrogens with one attached hydrogen (secondary N) is 1. The minimum atomic E-state index is 0.757. The molecule has 0 saturated heterocycles. The van der Waals surface area contributed by atoms with E-state index in [4.69, 9.17) is 17.3 Å². The summed E-state index contributed by atoms with van der Waals surface area (Å²) < 4.78 is 0. The van der Waals surface area contributed by atoms with Gasteiger partial charge in [-0.15, -0.1) is 0 Å². The first-order chi connectivity index (χ1) is 8.70. The average molecular weight is 267 g/mol. The quantitative estimate of drug-likeness (QED) is 0.789.